The smallest absolute Gasteiger partial charge is 0.336 e. The van der Waals surface area contributed by atoms with Gasteiger partial charge in [-0.3, -0.25) is 9.97 Å². The van der Waals surface area contributed by atoms with Crippen molar-refractivity contribution < 1.29 is 14.3 Å². The van der Waals surface area contributed by atoms with Gasteiger partial charge in [-0.25, -0.2) is 9.18 Å². The highest BCUT2D eigenvalue weighted by Gasteiger charge is 2.16. The van der Waals surface area contributed by atoms with E-state index < -0.39 is 5.97 Å². The van der Waals surface area contributed by atoms with Gasteiger partial charge in [-0.1, -0.05) is 13.0 Å². The number of fused-ring (bicyclic) bond motifs is 1. The number of aromatic carboxylic acids is 1. The van der Waals surface area contributed by atoms with E-state index in [1.165, 1.54) is 18.3 Å². The second-order valence-corrected chi connectivity index (χ2v) is 5.03. The molecule has 110 valence electrons. The average Bonchev–Trinajstić information content (AvgIpc) is 2.53. The summed E-state index contributed by atoms with van der Waals surface area (Å²) < 4.78 is 13.9. The molecule has 0 aliphatic heterocycles. The predicted molar refractivity (Wildman–Crippen MR) is 80.4 cm³/mol. The number of aromatic nitrogens is 2. The van der Waals surface area contributed by atoms with Crippen LogP contribution in [-0.2, 0) is 0 Å². The molecule has 4 nitrogen and oxygen atoms in total. The highest BCUT2D eigenvalue weighted by atomic mass is 19.1. The van der Waals surface area contributed by atoms with Crippen molar-refractivity contribution in [3.05, 3.63) is 71.4 Å². The zero-order chi connectivity index (χ0) is 15.7. The minimum atomic E-state index is -1.01. The molecule has 3 aromatic rings. The summed E-state index contributed by atoms with van der Waals surface area (Å²) in [6.07, 6.45) is 3.01. The number of rotatable bonds is 3. The third-order valence-corrected chi connectivity index (χ3v) is 3.69. The quantitative estimate of drug-likeness (QED) is 0.801. The first-order valence-electron chi connectivity index (χ1n) is 6.80. The lowest BCUT2D eigenvalue weighted by molar-refractivity contribution is 0.0699. The van der Waals surface area contributed by atoms with Crippen LogP contribution in [0.3, 0.4) is 0 Å². The highest BCUT2D eigenvalue weighted by molar-refractivity contribution is 6.02. The van der Waals surface area contributed by atoms with Crippen LogP contribution in [-0.4, -0.2) is 21.0 Å². The zero-order valence-electron chi connectivity index (χ0n) is 11.8. The lowest BCUT2D eigenvalue weighted by Gasteiger charge is -2.13. The number of hydrogen-bond donors (Lipinski definition) is 1. The molecule has 0 amide bonds. The normalized spacial score (nSPS) is 12.3. The SMILES string of the molecule is C[C@H](c1ccc2nccc(C(=O)O)c2c1)c1ncccc1F. The van der Waals surface area contributed by atoms with Crippen LogP contribution in [0.2, 0.25) is 0 Å². The maximum absolute atomic E-state index is 13.9. The maximum atomic E-state index is 13.9. The first-order valence-corrected chi connectivity index (χ1v) is 6.80. The first kappa shape index (κ1) is 14.1. The van der Waals surface area contributed by atoms with Crippen LogP contribution < -0.4 is 0 Å². The van der Waals surface area contributed by atoms with E-state index in [9.17, 15) is 14.3 Å². The lowest BCUT2D eigenvalue weighted by atomic mass is 9.94. The van der Waals surface area contributed by atoms with E-state index >= 15 is 0 Å². The van der Waals surface area contributed by atoms with E-state index in [1.54, 1.807) is 24.4 Å². The van der Waals surface area contributed by atoms with Crippen molar-refractivity contribution in [3.8, 4) is 0 Å². The number of carbonyl (C=O) groups is 1. The Morgan fingerprint density at radius 1 is 1.18 bits per heavy atom. The lowest BCUT2D eigenvalue weighted by Crippen LogP contribution is -2.04. The minimum absolute atomic E-state index is 0.181. The molecule has 0 aliphatic carbocycles. The summed E-state index contributed by atoms with van der Waals surface area (Å²) >= 11 is 0. The third-order valence-electron chi connectivity index (χ3n) is 3.69. The number of carboxylic acids is 1. The molecule has 0 aliphatic rings. The fourth-order valence-electron chi connectivity index (χ4n) is 2.49. The Morgan fingerprint density at radius 3 is 2.73 bits per heavy atom. The second kappa shape index (κ2) is 5.52. The van der Waals surface area contributed by atoms with Gasteiger partial charge in [0.05, 0.1) is 16.8 Å². The maximum Gasteiger partial charge on any atom is 0.336 e. The van der Waals surface area contributed by atoms with Gasteiger partial charge in [0.2, 0.25) is 0 Å². The molecule has 3 rings (SSSR count). The van der Waals surface area contributed by atoms with Crippen molar-refractivity contribution in [2.75, 3.05) is 0 Å². The zero-order valence-corrected chi connectivity index (χ0v) is 11.8. The van der Waals surface area contributed by atoms with Gasteiger partial charge in [-0.05, 0) is 35.9 Å². The Balaban J connectivity index is 2.14. The van der Waals surface area contributed by atoms with E-state index in [0.29, 0.717) is 16.6 Å². The Labute approximate surface area is 126 Å². The topological polar surface area (TPSA) is 63.1 Å². The van der Waals surface area contributed by atoms with Crippen molar-refractivity contribution >= 4 is 16.9 Å². The summed E-state index contributed by atoms with van der Waals surface area (Å²) in [5.74, 6) is -1.67. The van der Waals surface area contributed by atoms with E-state index in [-0.39, 0.29) is 17.3 Å². The molecule has 5 heteroatoms. The summed E-state index contributed by atoms with van der Waals surface area (Å²) in [7, 11) is 0. The molecule has 0 unspecified atom stereocenters. The van der Waals surface area contributed by atoms with Gasteiger partial charge < -0.3 is 5.11 Å². The van der Waals surface area contributed by atoms with Crippen LogP contribution in [0.15, 0.2) is 48.8 Å². The molecule has 0 saturated heterocycles. The van der Waals surface area contributed by atoms with Gasteiger partial charge in [0.15, 0.2) is 0 Å². The van der Waals surface area contributed by atoms with E-state index in [1.807, 2.05) is 13.0 Å². The fraction of sp³-hybridized carbons (Fsp3) is 0.118. The van der Waals surface area contributed by atoms with Crippen LogP contribution in [0.25, 0.3) is 10.9 Å². The van der Waals surface area contributed by atoms with Gasteiger partial charge in [-0.15, -0.1) is 0 Å². The Kier molecular flexibility index (Phi) is 3.55. The molecule has 0 bridgehead atoms. The Morgan fingerprint density at radius 2 is 2.00 bits per heavy atom. The third kappa shape index (κ3) is 2.41. The summed E-state index contributed by atoms with van der Waals surface area (Å²) in [6, 6.07) is 9.67. The van der Waals surface area contributed by atoms with Gasteiger partial charge >= 0.3 is 5.97 Å². The van der Waals surface area contributed by atoms with Gasteiger partial charge in [0.1, 0.15) is 5.82 Å². The van der Waals surface area contributed by atoms with Crippen LogP contribution >= 0.6 is 0 Å². The molecule has 0 radical (unpaired) electrons. The number of nitrogens with zero attached hydrogens (tertiary/aromatic N) is 2. The molecular formula is C17H13FN2O2. The van der Waals surface area contributed by atoms with Gasteiger partial charge in [0.25, 0.3) is 0 Å². The van der Waals surface area contributed by atoms with Crippen molar-refractivity contribution in [1.82, 2.24) is 9.97 Å². The van der Waals surface area contributed by atoms with Crippen LogP contribution in [0.5, 0.6) is 0 Å². The van der Waals surface area contributed by atoms with Crippen LogP contribution in [0, 0.1) is 5.82 Å². The molecule has 2 heterocycles. The summed E-state index contributed by atoms with van der Waals surface area (Å²) in [5.41, 5.74) is 1.90. The molecule has 0 saturated carbocycles. The Bertz CT molecular complexity index is 864. The number of halogens is 1. The van der Waals surface area contributed by atoms with Crippen LogP contribution in [0.4, 0.5) is 4.39 Å². The van der Waals surface area contributed by atoms with Crippen molar-refractivity contribution in [2.24, 2.45) is 0 Å². The van der Waals surface area contributed by atoms with E-state index in [0.717, 1.165) is 5.56 Å². The number of pyridine rings is 2. The highest BCUT2D eigenvalue weighted by Crippen LogP contribution is 2.28. The minimum Gasteiger partial charge on any atom is -0.478 e. The standard InChI is InChI=1S/C17H13FN2O2/c1-10(16-14(18)3-2-7-20-16)11-4-5-15-13(9-11)12(17(21)22)6-8-19-15/h2-10H,1H3,(H,21,22)/t10-/m1/s1. The average molecular weight is 296 g/mol. The molecule has 1 atom stereocenters. The molecule has 1 aromatic carbocycles. The monoisotopic (exact) mass is 296 g/mol. The summed E-state index contributed by atoms with van der Waals surface area (Å²) in [5, 5.41) is 9.81. The molecule has 1 N–H and O–H groups in total. The van der Waals surface area contributed by atoms with Gasteiger partial charge in [-0.2, -0.15) is 0 Å². The van der Waals surface area contributed by atoms with Crippen molar-refractivity contribution in [2.45, 2.75) is 12.8 Å². The molecule has 0 fully saturated rings. The summed E-state index contributed by atoms with van der Waals surface area (Å²) in [4.78, 5) is 19.6. The number of carboxylic acid groups (broad SMARTS) is 1. The van der Waals surface area contributed by atoms with Crippen molar-refractivity contribution in [1.29, 1.82) is 0 Å². The molecule has 2 aromatic heterocycles. The first-order chi connectivity index (χ1) is 10.6. The Hall–Kier alpha value is -2.82. The van der Waals surface area contributed by atoms with Crippen LogP contribution in [0.1, 0.15) is 34.5 Å². The van der Waals surface area contributed by atoms with E-state index in [4.69, 9.17) is 0 Å². The fourth-order valence-corrected chi connectivity index (χ4v) is 2.49. The van der Waals surface area contributed by atoms with Gasteiger partial charge in [0, 0.05) is 23.7 Å². The predicted octanol–water partition coefficient (Wildman–Crippen LogP) is 3.62. The summed E-state index contributed by atoms with van der Waals surface area (Å²) in [6.45, 7) is 1.84. The number of benzene rings is 1. The largest absolute Gasteiger partial charge is 0.478 e. The molecule has 0 spiro atoms. The molecular weight excluding hydrogens is 283 g/mol. The second-order valence-electron chi connectivity index (χ2n) is 5.03. The number of hydrogen-bond acceptors (Lipinski definition) is 3. The van der Waals surface area contributed by atoms with E-state index in [2.05, 4.69) is 9.97 Å². The van der Waals surface area contributed by atoms with Crippen molar-refractivity contribution in [3.63, 3.8) is 0 Å². The molecule has 22 heavy (non-hydrogen) atoms.